The SMILES string of the molecule is CCC1(C)CNC(C(C)(C)C)CN1CCC(C)(C)C. The van der Waals surface area contributed by atoms with E-state index in [0.717, 1.165) is 6.54 Å². The summed E-state index contributed by atoms with van der Waals surface area (Å²) < 4.78 is 0. The Bertz CT molecular complexity index is 285. The molecule has 2 heteroatoms. The molecule has 114 valence electrons. The fourth-order valence-corrected chi connectivity index (χ4v) is 2.72. The van der Waals surface area contributed by atoms with E-state index in [1.54, 1.807) is 0 Å². The Balaban J connectivity index is 2.74. The second kappa shape index (κ2) is 5.73. The average Bonchev–Trinajstić information content (AvgIpc) is 2.25. The molecule has 0 spiro atoms. The van der Waals surface area contributed by atoms with E-state index in [9.17, 15) is 0 Å². The van der Waals surface area contributed by atoms with Crippen molar-refractivity contribution in [2.45, 2.75) is 79.8 Å². The Kier molecular flexibility index (Phi) is 5.12. The van der Waals surface area contributed by atoms with Gasteiger partial charge in [-0.3, -0.25) is 4.90 Å². The smallest absolute Gasteiger partial charge is 0.0303 e. The molecule has 0 bridgehead atoms. The van der Waals surface area contributed by atoms with Crippen LogP contribution in [-0.2, 0) is 0 Å². The summed E-state index contributed by atoms with van der Waals surface area (Å²) in [5, 5.41) is 3.79. The van der Waals surface area contributed by atoms with Gasteiger partial charge in [-0.15, -0.1) is 0 Å². The summed E-state index contributed by atoms with van der Waals surface area (Å²) in [5.74, 6) is 0. The van der Waals surface area contributed by atoms with E-state index in [1.807, 2.05) is 0 Å². The van der Waals surface area contributed by atoms with Gasteiger partial charge in [0.25, 0.3) is 0 Å². The van der Waals surface area contributed by atoms with Crippen LogP contribution < -0.4 is 5.32 Å². The van der Waals surface area contributed by atoms with Crippen molar-refractivity contribution in [3.8, 4) is 0 Å². The van der Waals surface area contributed by atoms with Gasteiger partial charge in [-0.1, -0.05) is 48.5 Å². The molecule has 0 aromatic heterocycles. The number of piperazine rings is 1. The van der Waals surface area contributed by atoms with Crippen molar-refractivity contribution in [1.29, 1.82) is 0 Å². The molecule has 1 heterocycles. The molecule has 2 atom stereocenters. The highest BCUT2D eigenvalue weighted by atomic mass is 15.3. The second-order valence-corrected chi connectivity index (χ2v) is 8.91. The molecule has 0 aromatic rings. The third kappa shape index (κ3) is 4.75. The highest BCUT2D eigenvalue weighted by Gasteiger charge is 2.39. The maximum Gasteiger partial charge on any atom is 0.0303 e. The zero-order valence-corrected chi connectivity index (χ0v) is 14.6. The minimum Gasteiger partial charge on any atom is -0.310 e. The number of hydrogen-bond acceptors (Lipinski definition) is 2. The van der Waals surface area contributed by atoms with Gasteiger partial charge >= 0.3 is 0 Å². The van der Waals surface area contributed by atoms with E-state index < -0.39 is 0 Å². The van der Waals surface area contributed by atoms with Crippen molar-refractivity contribution in [2.24, 2.45) is 10.8 Å². The lowest BCUT2D eigenvalue weighted by atomic mass is 9.81. The predicted molar refractivity (Wildman–Crippen MR) is 85.6 cm³/mol. The summed E-state index contributed by atoms with van der Waals surface area (Å²) in [5.41, 5.74) is 1.10. The quantitative estimate of drug-likeness (QED) is 0.835. The molecule has 1 aliphatic rings. The van der Waals surface area contributed by atoms with Crippen LogP contribution in [0.4, 0.5) is 0 Å². The van der Waals surface area contributed by atoms with E-state index >= 15 is 0 Å². The zero-order chi connectivity index (χ0) is 14.9. The number of nitrogens with one attached hydrogen (secondary N) is 1. The Labute approximate surface area is 121 Å². The molecular weight excluding hydrogens is 232 g/mol. The van der Waals surface area contributed by atoms with Crippen LogP contribution in [0.5, 0.6) is 0 Å². The van der Waals surface area contributed by atoms with Crippen LogP contribution in [0.25, 0.3) is 0 Å². The Morgan fingerprint density at radius 2 is 1.74 bits per heavy atom. The van der Waals surface area contributed by atoms with Crippen molar-refractivity contribution in [1.82, 2.24) is 10.2 Å². The fourth-order valence-electron chi connectivity index (χ4n) is 2.72. The third-order valence-corrected chi connectivity index (χ3v) is 4.83. The summed E-state index contributed by atoms with van der Waals surface area (Å²) >= 11 is 0. The molecule has 1 N–H and O–H groups in total. The Morgan fingerprint density at radius 1 is 1.16 bits per heavy atom. The van der Waals surface area contributed by atoms with Crippen molar-refractivity contribution in [3.05, 3.63) is 0 Å². The summed E-state index contributed by atoms with van der Waals surface area (Å²) in [7, 11) is 0. The van der Waals surface area contributed by atoms with Gasteiger partial charge in [0.15, 0.2) is 0 Å². The lowest BCUT2D eigenvalue weighted by molar-refractivity contribution is 0.0152. The van der Waals surface area contributed by atoms with Gasteiger partial charge in [0.2, 0.25) is 0 Å². The third-order valence-electron chi connectivity index (χ3n) is 4.83. The highest BCUT2D eigenvalue weighted by molar-refractivity contribution is 4.98. The number of rotatable bonds is 3. The summed E-state index contributed by atoms with van der Waals surface area (Å²) in [4.78, 5) is 2.74. The van der Waals surface area contributed by atoms with Gasteiger partial charge in [0.05, 0.1) is 0 Å². The summed E-state index contributed by atoms with van der Waals surface area (Å²) in [6, 6.07) is 0.604. The zero-order valence-electron chi connectivity index (χ0n) is 14.6. The minimum absolute atomic E-state index is 0.326. The van der Waals surface area contributed by atoms with Crippen LogP contribution in [-0.4, -0.2) is 36.1 Å². The topological polar surface area (TPSA) is 15.3 Å². The summed E-state index contributed by atoms with van der Waals surface area (Å²) in [6.45, 7) is 22.4. The van der Waals surface area contributed by atoms with Gasteiger partial charge in [-0.25, -0.2) is 0 Å². The van der Waals surface area contributed by atoms with Gasteiger partial charge < -0.3 is 5.32 Å². The maximum absolute atomic E-state index is 3.79. The first-order valence-corrected chi connectivity index (χ1v) is 7.96. The lowest BCUT2D eigenvalue weighted by Crippen LogP contribution is -2.65. The fraction of sp³-hybridized carbons (Fsp3) is 1.00. The first-order valence-electron chi connectivity index (χ1n) is 7.96. The van der Waals surface area contributed by atoms with E-state index in [0.29, 0.717) is 22.4 Å². The van der Waals surface area contributed by atoms with E-state index in [2.05, 4.69) is 65.6 Å². The van der Waals surface area contributed by atoms with E-state index in [1.165, 1.54) is 25.9 Å². The van der Waals surface area contributed by atoms with Crippen molar-refractivity contribution in [3.63, 3.8) is 0 Å². The molecule has 1 rings (SSSR count). The standard InChI is InChI=1S/C17H36N2/c1-9-17(8)13-18-14(16(5,6)7)12-19(17)11-10-15(2,3)4/h14,18H,9-13H2,1-8H3. The highest BCUT2D eigenvalue weighted by Crippen LogP contribution is 2.31. The van der Waals surface area contributed by atoms with Crippen LogP contribution in [0.1, 0.15) is 68.2 Å². The Hall–Kier alpha value is -0.0800. The first-order chi connectivity index (χ1) is 8.48. The van der Waals surface area contributed by atoms with Crippen molar-refractivity contribution in [2.75, 3.05) is 19.6 Å². The molecule has 1 aliphatic heterocycles. The summed E-state index contributed by atoms with van der Waals surface area (Å²) in [6.07, 6.45) is 2.50. The van der Waals surface area contributed by atoms with Crippen molar-refractivity contribution >= 4 is 0 Å². The largest absolute Gasteiger partial charge is 0.310 e. The molecule has 0 aliphatic carbocycles. The van der Waals surface area contributed by atoms with Crippen LogP contribution in [0, 0.1) is 10.8 Å². The molecular formula is C17H36N2. The lowest BCUT2D eigenvalue weighted by Gasteiger charge is -2.51. The van der Waals surface area contributed by atoms with Crippen LogP contribution in [0.15, 0.2) is 0 Å². The van der Waals surface area contributed by atoms with Crippen molar-refractivity contribution < 1.29 is 0 Å². The van der Waals surface area contributed by atoms with Gasteiger partial charge in [0, 0.05) is 24.7 Å². The van der Waals surface area contributed by atoms with Gasteiger partial charge in [0.1, 0.15) is 0 Å². The van der Waals surface area contributed by atoms with E-state index in [4.69, 9.17) is 0 Å². The Morgan fingerprint density at radius 3 is 2.16 bits per heavy atom. The molecule has 2 nitrogen and oxygen atoms in total. The number of hydrogen-bond donors (Lipinski definition) is 1. The minimum atomic E-state index is 0.326. The molecule has 1 saturated heterocycles. The molecule has 0 radical (unpaired) electrons. The van der Waals surface area contributed by atoms with E-state index in [-0.39, 0.29) is 0 Å². The van der Waals surface area contributed by atoms with Crippen LogP contribution >= 0.6 is 0 Å². The van der Waals surface area contributed by atoms with Crippen LogP contribution in [0.3, 0.4) is 0 Å². The van der Waals surface area contributed by atoms with Gasteiger partial charge in [-0.05, 0) is 37.1 Å². The number of nitrogens with zero attached hydrogens (tertiary/aromatic N) is 1. The molecule has 1 fully saturated rings. The van der Waals surface area contributed by atoms with Gasteiger partial charge in [-0.2, -0.15) is 0 Å². The first kappa shape index (κ1) is 17.0. The maximum atomic E-state index is 3.79. The molecule has 2 unspecified atom stereocenters. The predicted octanol–water partition coefficient (Wildman–Crippen LogP) is 3.91. The molecule has 0 amide bonds. The molecule has 0 saturated carbocycles. The second-order valence-electron chi connectivity index (χ2n) is 8.91. The monoisotopic (exact) mass is 268 g/mol. The molecule has 0 aromatic carbocycles. The normalized spacial score (nSPS) is 30.6. The van der Waals surface area contributed by atoms with Crippen LogP contribution in [0.2, 0.25) is 0 Å². The molecule has 19 heavy (non-hydrogen) atoms. The average molecular weight is 268 g/mol.